The van der Waals surface area contributed by atoms with E-state index in [1.807, 2.05) is 0 Å². The third-order valence-corrected chi connectivity index (χ3v) is 3.27. The van der Waals surface area contributed by atoms with Gasteiger partial charge in [0.05, 0.1) is 19.9 Å². The van der Waals surface area contributed by atoms with E-state index >= 15 is 0 Å². The fraction of sp³-hybridized carbons (Fsp3) is 0.118. The molecule has 0 unspecified atom stereocenters. The first kappa shape index (κ1) is 16.8. The number of para-hydroxylation sites is 1. The fourth-order valence-electron chi connectivity index (χ4n) is 1.97. The smallest absolute Gasteiger partial charge is 0.248 e. The van der Waals surface area contributed by atoms with Gasteiger partial charge in [-0.15, -0.1) is 0 Å². The number of rotatable bonds is 5. The highest BCUT2D eigenvalue weighted by Crippen LogP contribution is 2.31. The summed E-state index contributed by atoms with van der Waals surface area (Å²) in [6.45, 7) is 0. The monoisotopic (exact) mass is 335 g/mol. The molecule has 120 valence electrons. The summed E-state index contributed by atoms with van der Waals surface area (Å²) >= 11 is 5.66. The van der Waals surface area contributed by atoms with Crippen molar-refractivity contribution in [3.05, 3.63) is 58.9 Å². The zero-order valence-electron chi connectivity index (χ0n) is 12.6. The molecular formula is C17H15ClFNO3. The van der Waals surface area contributed by atoms with Crippen LogP contribution in [-0.4, -0.2) is 20.1 Å². The van der Waals surface area contributed by atoms with Crippen LogP contribution in [0.5, 0.6) is 11.5 Å². The van der Waals surface area contributed by atoms with Gasteiger partial charge in [-0.3, -0.25) is 4.79 Å². The number of benzene rings is 2. The van der Waals surface area contributed by atoms with E-state index in [9.17, 15) is 9.18 Å². The molecule has 0 saturated carbocycles. The van der Waals surface area contributed by atoms with Crippen molar-refractivity contribution in [1.82, 2.24) is 0 Å². The van der Waals surface area contributed by atoms with Crippen molar-refractivity contribution in [2.45, 2.75) is 0 Å². The third kappa shape index (κ3) is 4.23. The highest BCUT2D eigenvalue weighted by atomic mass is 35.5. The topological polar surface area (TPSA) is 47.6 Å². The highest BCUT2D eigenvalue weighted by Gasteiger charge is 2.08. The lowest BCUT2D eigenvalue weighted by Crippen LogP contribution is -2.09. The Labute approximate surface area is 138 Å². The zero-order valence-corrected chi connectivity index (χ0v) is 13.4. The van der Waals surface area contributed by atoms with E-state index in [1.54, 1.807) is 24.3 Å². The molecule has 0 fully saturated rings. The largest absolute Gasteiger partial charge is 0.493 e. The molecule has 0 bridgehead atoms. The van der Waals surface area contributed by atoms with Gasteiger partial charge in [0, 0.05) is 16.7 Å². The van der Waals surface area contributed by atoms with Crippen molar-refractivity contribution in [3.63, 3.8) is 0 Å². The van der Waals surface area contributed by atoms with E-state index in [-0.39, 0.29) is 10.7 Å². The number of nitrogens with one attached hydrogen (secondary N) is 1. The van der Waals surface area contributed by atoms with E-state index in [2.05, 4.69) is 5.32 Å². The van der Waals surface area contributed by atoms with E-state index in [0.717, 1.165) is 6.07 Å². The number of carbonyl (C=O) groups excluding carboxylic acids is 1. The molecule has 0 heterocycles. The Morgan fingerprint density at radius 1 is 1.22 bits per heavy atom. The Morgan fingerprint density at radius 2 is 2.00 bits per heavy atom. The summed E-state index contributed by atoms with van der Waals surface area (Å²) in [6.07, 6.45) is 2.84. The number of hydrogen-bond donors (Lipinski definition) is 1. The number of halogens is 2. The molecule has 0 aliphatic carbocycles. The van der Waals surface area contributed by atoms with Crippen molar-refractivity contribution in [2.75, 3.05) is 19.5 Å². The van der Waals surface area contributed by atoms with E-state index in [0.29, 0.717) is 17.1 Å². The van der Waals surface area contributed by atoms with Crippen molar-refractivity contribution in [2.24, 2.45) is 0 Å². The van der Waals surface area contributed by atoms with Gasteiger partial charge in [-0.2, -0.15) is 0 Å². The number of hydrogen-bond acceptors (Lipinski definition) is 3. The molecule has 2 rings (SSSR count). The maximum Gasteiger partial charge on any atom is 0.248 e. The third-order valence-electron chi connectivity index (χ3n) is 3.04. The second-order valence-electron chi connectivity index (χ2n) is 4.53. The van der Waals surface area contributed by atoms with Gasteiger partial charge in [0.15, 0.2) is 11.5 Å². The van der Waals surface area contributed by atoms with Crippen LogP contribution in [-0.2, 0) is 4.79 Å². The number of ether oxygens (including phenoxy) is 2. The minimum absolute atomic E-state index is 0.0571. The van der Waals surface area contributed by atoms with Gasteiger partial charge in [0.2, 0.25) is 5.91 Å². The lowest BCUT2D eigenvalue weighted by atomic mass is 10.1. The fourth-order valence-corrected chi connectivity index (χ4v) is 2.13. The molecule has 6 heteroatoms. The molecule has 0 spiro atoms. The Kier molecular flexibility index (Phi) is 5.60. The maximum absolute atomic E-state index is 13.6. The minimum atomic E-state index is -0.599. The van der Waals surface area contributed by atoms with Gasteiger partial charge in [0.25, 0.3) is 0 Å². The molecule has 0 aliphatic heterocycles. The average Bonchev–Trinajstić information content (AvgIpc) is 2.55. The average molecular weight is 336 g/mol. The molecule has 1 N–H and O–H groups in total. The van der Waals surface area contributed by atoms with Crippen LogP contribution in [0.15, 0.2) is 42.5 Å². The molecule has 0 aliphatic rings. The van der Waals surface area contributed by atoms with Crippen LogP contribution in [0.1, 0.15) is 5.56 Å². The minimum Gasteiger partial charge on any atom is -0.493 e. The Hall–Kier alpha value is -2.53. The zero-order chi connectivity index (χ0) is 16.8. The quantitative estimate of drug-likeness (QED) is 0.835. The lowest BCUT2D eigenvalue weighted by Gasteiger charge is -2.09. The van der Waals surface area contributed by atoms with Gasteiger partial charge < -0.3 is 14.8 Å². The standard InChI is InChI=1S/C17H15ClFNO3/c1-22-15-5-3-4-11(17(15)23-2)6-9-16(21)20-14-8-7-12(18)10-13(14)19/h3-10H,1-2H3,(H,20,21)/b9-6+. The summed E-state index contributed by atoms with van der Waals surface area (Å²) < 4.78 is 24.1. The maximum atomic E-state index is 13.6. The molecular weight excluding hydrogens is 321 g/mol. The van der Waals surface area contributed by atoms with Crippen molar-refractivity contribution in [3.8, 4) is 11.5 Å². The van der Waals surface area contributed by atoms with Crippen molar-refractivity contribution in [1.29, 1.82) is 0 Å². The Balaban J connectivity index is 2.15. The predicted octanol–water partition coefficient (Wildman–Crippen LogP) is 4.15. The molecule has 4 nitrogen and oxygen atoms in total. The Morgan fingerprint density at radius 3 is 2.65 bits per heavy atom. The number of amides is 1. The van der Waals surface area contributed by atoms with Crippen LogP contribution < -0.4 is 14.8 Å². The van der Waals surface area contributed by atoms with Gasteiger partial charge in [-0.1, -0.05) is 23.7 Å². The second kappa shape index (κ2) is 7.65. The van der Waals surface area contributed by atoms with Gasteiger partial charge in [-0.25, -0.2) is 4.39 Å². The highest BCUT2D eigenvalue weighted by molar-refractivity contribution is 6.30. The second-order valence-corrected chi connectivity index (χ2v) is 4.97. The summed E-state index contributed by atoms with van der Waals surface area (Å²) in [6, 6.07) is 9.32. The molecule has 0 radical (unpaired) electrons. The van der Waals surface area contributed by atoms with E-state index in [4.69, 9.17) is 21.1 Å². The lowest BCUT2D eigenvalue weighted by molar-refractivity contribution is -0.111. The van der Waals surface area contributed by atoms with Crippen LogP contribution in [0, 0.1) is 5.82 Å². The normalized spacial score (nSPS) is 10.6. The van der Waals surface area contributed by atoms with Gasteiger partial charge in [-0.05, 0) is 30.3 Å². The molecule has 23 heavy (non-hydrogen) atoms. The van der Waals surface area contributed by atoms with Crippen LogP contribution >= 0.6 is 11.6 Å². The Bertz CT molecular complexity index is 747. The van der Waals surface area contributed by atoms with Gasteiger partial charge >= 0.3 is 0 Å². The van der Waals surface area contributed by atoms with Crippen molar-refractivity contribution >= 4 is 29.3 Å². The first-order valence-corrected chi connectivity index (χ1v) is 7.08. The van der Waals surface area contributed by atoms with Crippen LogP contribution in [0.2, 0.25) is 5.02 Å². The first-order chi connectivity index (χ1) is 11.0. The predicted molar refractivity (Wildman–Crippen MR) is 88.6 cm³/mol. The van der Waals surface area contributed by atoms with Crippen LogP contribution in [0.4, 0.5) is 10.1 Å². The summed E-state index contributed by atoms with van der Waals surface area (Å²) in [7, 11) is 3.04. The summed E-state index contributed by atoms with van der Waals surface area (Å²) in [5, 5.41) is 2.70. The van der Waals surface area contributed by atoms with E-state index in [1.165, 1.54) is 32.4 Å². The van der Waals surface area contributed by atoms with E-state index < -0.39 is 11.7 Å². The molecule has 2 aromatic carbocycles. The molecule has 2 aromatic rings. The SMILES string of the molecule is COc1cccc(/C=C/C(=O)Nc2ccc(Cl)cc2F)c1OC. The van der Waals surface area contributed by atoms with Crippen LogP contribution in [0.25, 0.3) is 6.08 Å². The number of anilines is 1. The van der Waals surface area contributed by atoms with Crippen LogP contribution in [0.3, 0.4) is 0 Å². The number of carbonyl (C=O) groups is 1. The van der Waals surface area contributed by atoms with Crippen molar-refractivity contribution < 1.29 is 18.7 Å². The number of methoxy groups -OCH3 is 2. The molecule has 1 amide bonds. The molecule has 0 saturated heterocycles. The summed E-state index contributed by atoms with van der Waals surface area (Å²) in [5.41, 5.74) is 0.722. The van der Waals surface area contributed by atoms with Gasteiger partial charge in [0.1, 0.15) is 5.82 Å². The first-order valence-electron chi connectivity index (χ1n) is 6.70. The summed E-state index contributed by atoms with van der Waals surface area (Å²) in [5.74, 6) is -0.00941. The molecule has 0 aromatic heterocycles. The summed E-state index contributed by atoms with van der Waals surface area (Å²) in [4.78, 5) is 11.9. The molecule has 0 atom stereocenters.